The van der Waals surface area contributed by atoms with Gasteiger partial charge in [-0.1, -0.05) is 18.2 Å². The van der Waals surface area contributed by atoms with Gasteiger partial charge in [-0.05, 0) is 29.8 Å². The largest absolute Gasteiger partial charge is 0.501 e. The van der Waals surface area contributed by atoms with Gasteiger partial charge in [0.15, 0.2) is 11.5 Å². The summed E-state index contributed by atoms with van der Waals surface area (Å²) in [7, 11) is 4.32. The molecule has 2 aromatic carbocycles. The number of rotatable bonds is 6. The number of nitrogens with zero attached hydrogens (tertiary/aromatic N) is 2. The summed E-state index contributed by atoms with van der Waals surface area (Å²) < 4.78 is 24.8. The number of halogens is 1. The van der Waals surface area contributed by atoms with Crippen molar-refractivity contribution in [2.75, 3.05) is 14.2 Å². The number of hydrogen-bond donors (Lipinski definition) is 2. The average Bonchev–Trinajstić information content (AvgIpc) is 2.76. The number of aromatic nitrogens is 2. The van der Waals surface area contributed by atoms with E-state index in [9.17, 15) is 19.1 Å². The Morgan fingerprint density at radius 2 is 1.73 bits per heavy atom. The first kappa shape index (κ1) is 20.8. The number of nitrogens with one attached hydrogen (secondary N) is 1. The molecule has 1 amide bonds. The van der Waals surface area contributed by atoms with E-state index in [2.05, 4.69) is 10.3 Å². The number of benzene rings is 2. The van der Waals surface area contributed by atoms with Gasteiger partial charge >= 0.3 is 0 Å². The van der Waals surface area contributed by atoms with Crippen LogP contribution in [0.1, 0.15) is 16.1 Å². The lowest BCUT2D eigenvalue weighted by molar-refractivity contribution is 0.0942. The summed E-state index contributed by atoms with van der Waals surface area (Å²) in [4.78, 5) is 29.4. The smallest absolute Gasteiger partial charge is 0.296 e. The van der Waals surface area contributed by atoms with E-state index in [1.54, 1.807) is 18.2 Å². The zero-order chi connectivity index (χ0) is 21.8. The molecule has 0 aliphatic rings. The first-order valence-electron chi connectivity index (χ1n) is 8.91. The molecule has 0 unspecified atom stereocenters. The van der Waals surface area contributed by atoms with Crippen molar-refractivity contribution in [3.63, 3.8) is 0 Å². The van der Waals surface area contributed by atoms with Crippen molar-refractivity contribution in [2.24, 2.45) is 7.05 Å². The number of aromatic hydroxyl groups is 1. The van der Waals surface area contributed by atoms with Crippen LogP contribution in [0.2, 0.25) is 0 Å². The van der Waals surface area contributed by atoms with Crippen LogP contribution in [-0.4, -0.2) is 34.8 Å². The van der Waals surface area contributed by atoms with Crippen molar-refractivity contribution >= 4 is 5.91 Å². The van der Waals surface area contributed by atoms with E-state index in [4.69, 9.17) is 9.47 Å². The minimum absolute atomic E-state index is 0.0583. The van der Waals surface area contributed by atoms with Crippen LogP contribution >= 0.6 is 0 Å². The van der Waals surface area contributed by atoms with Crippen molar-refractivity contribution in [3.05, 3.63) is 69.9 Å². The molecule has 8 nitrogen and oxygen atoms in total. The fourth-order valence-corrected chi connectivity index (χ4v) is 2.91. The lowest BCUT2D eigenvalue weighted by atomic mass is 10.1. The second-order valence-electron chi connectivity index (χ2n) is 6.34. The maximum absolute atomic E-state index is 13.0. The van der Waals surface area contributed by atoms with Crippen LogP contribution in [0, 0.1) is 5.82 Å². The Kier molecular flexibility index (Phi) is 6.01. The van der Waals surface area contributed by atoms with E-state index in [0.29, 0.717) is 22.6 Å². The summed E-state index contributed by atoms with van der Waals surface area (Å²) in [6.45, 7) is 0.0583. The van der Waals surface area contributed by atoms with E-state index in [0.717, 1.165) is 4.57 Å². The number of carbonyl (C=O) groups excluding carboxylic acids is 1. The number of ether oxygens (including phenoxy) is 2. The van der Waals surface area contributed by atoms with Crippen molar-refractivity contribution < 1.29 is 23.8 Å². The molecule has 156 valence electrons. The minimum atomic E-state index is -0.806. The number of methoxy groups -OCH3 is 2. The van der Waals surface area contributed by atoms with Crippen LogP contribution in [0.5, 0.6) is 17.2 Å². The maximum atomic E-state index is 13.0. The molecule has 0 saturated heterocycles. The van der Waals surface area contributed by atoms with E-state index < -0.39 is 28.7 Å². The lowest BCUT2D eigenvalue weighted by Crippen LogP contribution is -2.29. The molecule has 1 aromatic heterocycles. The van der Waals surface area contributed by atoms with Crippen molar-refractivity contribution in [1.29, 1.82) is 0 Å². The third kappa shape index (κ3) is 3.95. The number of carbonyl (C=O) groups is 1. The summed E-state index contributed by atoms with van der Waals surface area (Å²) in [5.74, 6) is -1.11. The summed E-state index contributed by atoms with van der Waals surface area (Å²) in [5, 5.41) is 12.8. The number of hydrogen-bond acceptors (Lipinski definition) is 6. The Balaban J connectivity index is 2.04. The normalized spacial score (nSPS) is 10.5. The molecule has 0 radical (unpaired) electrons. The SMILES string of the molecule is COc1cccc(OC)c1-c1nc(C(=O)NCc2ccc(F)cc2)c(O)c(=O)n1C. The molecule has 1 heterocycles. The second-order valence-corrected chi connectivity index (χ2v) is 6.34. The Labute approximate surface area is 171 Å². The highest BCUT2D eigenvalue weighted by atomic mass is 19.1. The van der Waals surface area contributed by atoms with E-state index in [1.807, 2.05) is 0 Å². The molecule has 0 bridgehead atoms. The van der Waals surface area contributed by atoms with Gasteiger partial charge in [0.1, 0.15) is 22.9 Å². The fourth-order valence-electron chi connectivity index (χ4n) is 2.91. The highest BCUT2D eigenvalue weighted by Crippen LogP contribution is 2.37. The predicted molar refractivity (Wildman–Crippen MR) is 107 cm³/mol. The summed E-state index contributed by atoms with van der Waals surface area (Å²) in [6, 6.07) is 10.6. The van der Waals surface area contributed by atoms with Crippen LogP contribution in [0.3, 0.4) is 0 Å². The fraction of sp³-hybridized carbons (Fsp3) is 0.190. The molecule has 30 heavy (non-hydrogen) atoms. The van der Waals surface area contributed by atoms with Crippen LogP contribution in [-0.2, 0) is 13.6 Å². The van der Waals surface area contributed by atoms with Crippen molar-refractivity contribution in [3.8, 4) is 28.6 Å². The Hall–Kier alpha value is -3.88. The van der Waals surface area contributed by atoms with E-state index in [1.165, 1.54) is 45.5 Å². The molecule has 9 heteroatoms. The third-order valence-corrected chi connectivity index (χ3v) is 4.50. The van der Waals surface area contributed by atoms with Crippen molar-refractivity contribution in [2.45, 2.75) is 6.54 Å². The van der Waals surface area contributed by atoms with E-state index in [-0.39, 0.29) is 12.4 Å². The first-order valence-corrected chi connectivity index (χ1v) is 8.91. The number of amides is 1. The predicted octanol–water partition coefficient (Wildman–Crippen LogP) is 2.24. The minimum Gasteiger partial charge on any atom is -0.501 e. The Morgan fingerprint density at radius 3 is 2.30 bits per heavy atom. The first-order chi connectivity index (χ1) is 14.4. The molecular formula is C21H20FN3O5. The van der Waals surface area contributed by atoms with Crippen LogP contribution in [0.4, 0.5) is 4.39 Å². The van der Waals surface area contributed by atoms with Crippen LogP contribution in [0.15, 0.2) is 47.3 Å². The average molecular weight is 413 g/mol. The van der Waals surface area contributed by atoms with Crippen molar-refractivity contribution in [1.82, 2.24) is 14.9 Å². The molecule has 2 N–H and O–H groups in total. The molecule has 0 spiro atoms. The standard InChI is InChI=1S/C21H20FN3O5/c1-25-19(16-14(29-2)5-4-6-15(16)30-3)24-17(18(26)21(25)28)20(27)23-11-12-7-9-13(22)10-8-12/h4-10,26H,11H2,1-3H3,(H,23,27). The van der Waals surface area contributed by atoms with Gasteiger partial charge in [0.2, 0.25) is 5.75 Å². The zero-order valence-corrected chi connectivity index (χ0v) is 16.6. The summed E-state index contributed by atoms with van der Waals surface area (Å²) in [6.07, 6.45) is 0. The van der Waals surface area contributed by atoms with Gasteiger partial charge in [0.25, 0.3) is 11.5 Å². The summed E-state index contributed by atoms with van der Waals surface area (Å²) in [5.41, 5.74) is -0.252. The Morgan fingerprint density at radius 1 is 1.13 bits per heavy atom. The van der Waals surface area contributed by atoms with Gasteiger partial charge in [-0.2, -0.15) is 0 Å². The molecule has 0 saturated carbocycles. The highest BCUT2D eigenvalue weighted by Gasteiger charge is 2.24. The second kappa shape index (κ2) is 8.64. The molecule has 0 atom stereocenters. The maximum Gasteiger partial charge on any atom is 0.296 e. The highest BCUT2D eigenvalue weighted by molar-refractivity contribution is 5.95. The zero-order valence-electron chi connectivity index (χ0n) is 16.6. The lowest BCUT2D eigenvalue weighted by Gasteiger charge is -2.16. The van der Waals surface area contributed by atoms with Gasteiger partial charge in [-0.25, -0.2) is 9.37 Å². The third-order valence-electron chi connectivity index (χ3n) is 4.50. The molecule has 0 fully saturated rings. The molecule has 0 aliphatic heterocycles. The van der Waals surface area contributed by atoms with E-state index >= 15 is 0 Å². The Bertz CT molecular complexity index is 1120. The van der Waals surface area contributed by atoms with Gasteiger partial charge in [-0.15, -0.1) is 0 Å². The molecular weight excluding hydrogens is 393 g/mol. The summed E-state index contributed by atoms with van der Waals surface area (Å²) >= 11 is 0. The quantitative estimate of drug-likeness (QED) is 0.643. The van der Waals surface area contributed by atoms with Gasteiger partial charge < -0.3 is 19.9 Å². The molecule has 3 rings (SSSR count). The topological polar surface area (TPSA) is 103 Å². The monoisotopic (exact) mass is 413 g/mol. The van der Waals surface area contributed by atoms with Crippen LogP contribution in [0.25, 0.3) is 11.4 Å². The molecule has 3 aromatic rings. The van der Waals surface area contributed by atoms with Gasteiger partial charge in [-0.3, -0.25) is 14.2 Å². The van der Waals surface area contributed by atoms with Gasteiger partial charge in [0, 0.05) is 13.6 Å². The van der Waals surface area contributed by atoms with Crippen LogP contribution < -0.4 is 20.3 Å². The van der Waals surface area contributed by atoms with Gasteiger partial charge in [0.05, 0.1) is 14.2 Å². The molecule has 0 aliphatic carbocycles.